The molecular formula is C36H58Cl2NPTi-2. The molecule has 0 saturated heterocycles. The summed E-state index contributed by atoms with van der Waals surface area (Å²) in [4.78, 5) is 0. The van der Waals surface area contributed by atoms with Gasteiger partial charge in [0.25, 0.3) is 0 Å². The van der Waals surface area contributed by atoms with Crippen LogP contribution in [-0.4, -0.2) is 10.3 Å². The first-order valence-corrected chi connectivity index (χ1v) is 21.1. The van der Waals surface area contributed by atoms with Crippen molar-refractivity contribution in [3.63, 3.8) is 0 Å². The summed E-state index contributed by atoms with van der Waals surface area (Å²) < 4.78 is 0. The van der Waals surface area contributed by atoms with E-state index in [4.69, 9.17) is 18.6 Å². The van der Waals surface area contributed by atoms with Crippen LogP contribution in [-0.2, 0) is 27.9 Å². The molecular weight excluding hydrogens is 596 g/mol. The molecule has 41 heavy (non-hydrogen) atoms. The first-order chi connectivity index (χ1) is 18.1. The van der Waals surface area contributed by atoms with Crippen LogP contribution in [0, 0.1) is 13.3 Å². The van der Waals surface area contributed by atoms with Crippen LogP contribution in [0.25, 0.3) is 16.3 Å². The van der Waals surface area contributed by atoms with Crippen LogP contribution in [0.2, 0.25) is 0 Å². The average molecular weight is 655 g/mol. The molecule has 0 spiro atoms. The molecule has 2 aliphatic carbocycles. The number of hydrogen-bond acceptors (Lipinski definition) is 0. The summed E-state index contributed by atoms with van der Waals surface area (Å²) >= 11 is -0.556. The molecule has 0 aliphatic heterocycles. The van der Waals surface area contributed by atoms with Crippen molar-refractivity contribution in [2.45, 2.75) is 142 Å². The van der Waals surface area contributed by atoms with E-state index in [1.54, 1.807) is 0 Å². The van der Waals surface area contributed by atoms with Gasteiger partial charge in [0.05, 0.1) is 0 Å². The monoisotopic (exact) mass is 653 g/mol. The molecule has 2 aliphatic rings. The molecule has 1 fully saturated rings. The SMILES string of the molecule is CC(C)(C)c1ccc2c(c1)C(P(=[N-])(C(C)(C)C)C(C)(C)C)c1cc(C(C)(C)C)ccc1-2.CC1CCCC1.[CH3-].[Cl][Ti][Cl]. The van der Waals surface area contributed by atoms with Gasteiger partial charge in [-0.15, -0.1) is 0 Å². The number of rotatable bonds is 1. The maximum absolute atomic E-state index is 12.8. The van der Waals surface area contributed by atoms with Gasteiger partial charge in [0.2, 0.25) is 0 Å². The Kier molecular flexibility index (Phi) is 13.7. The van der Waals surface area contributed by atoms with Crippen LogP contribution >= 0.6 is 25.7 Å². The van der Waals surface area contributed by atoms with Gasteiger partial charge < -0.3 is 12.6 Å². The fraction of sp³-hybridized carbons (Fsp3) is 0.639. The number of hydrogen-bond donors (Lipinski definition) is 0. The Morgan fingerprint density at radius 1 is 0.683 bits per heavy atom. The van der Waals surface area contributed by atoms with E-state index in [1.807, 2.05) is 0 Å². The van der Waals surface area contributed by atoms with Crippen molar-refractivity contribution in [2.24, 2.45) is 5.92 Å². The van der Waals surface area contributed by atoms with Crippen molar-refractivity contribution >= 4 is 25.7 Å². The Morgan fingerprint density at radius 3 is 1.22 bits per heavy atom. The Hall–Kier alpha value is -0.0357. The molecule has 0 unspecified atom stereocenters. The normalized spacial score (nSPS) is 16.0. The quantitative estimate of drug-likeness (QED) is 0.166. The van der Waals surface area contributed by atoms with E-state index in [-0.39, 0.29) is 34.2 Å². The Balaban J connectivity index is 0.000000722. The maximum atomic E-state index is 12.8. The Morgan fingerprint density at radius 2 is 1.00 bits per heavy atom. The van der Waals surface area contributed by atoms with E-state index in [9.17, 15) is 5.16 Å². The van der Waals surface area contributed by atoms with E-state index >= 15 is 0 Å². The summed E-state index contributed by atoms with van der Waals surface area (Å²) in [6.07, 6.45) is 5.95. The molecule has 0 atom stereocenters. The zero-order valence-electron chi connectivity index (χ0n) is 28.6. The fourth-order valence-electron chi connectivity index (χ4n) is 6.48. The van der Waals surface area contributed by atoms with Crippen LogP contribution in [0.5, 0.6) is 0 Å². The zero-order chi connectivity index (χ0) is 30.9. The van der Waals surface area contributed by atoms with Gasteiger partial charge in [0, 0.05) is 5.66 Å². The molecule has 2 aromatic carbocycles. The molecule has 4 rings (SSSR count). The fourth-order valence-corrected chi connectivity index (χ4v) is 11.3. The molecule has 0 aromatic heterocycles. The van der Waals surface area contributed by atoms with Crippen molar-refractivity contribution in [2.75, 3.05) is 0 Å². The zero-order valence-corrected chi connectivity index (χ0v) is 32.6. The molecule has 0 amide bonds. The predicted octanol–water partition coefficient (Wildman–Crippen LogP) is 13.7. The molecule has 0 heterocycles. The number of nitrogens with zero attached hydrogens (tertiary/aromatic N) is 1. The van der Waals surface area contributed by atoms with Gasteiger partial charge in [-0.05, 0) is 60.4 Å². The van der Waals surface area contributed by atoms with Crippen LogP contribution in [0.4, 0.5) is 0 Å². The van der Waals surface area contributed by atoms with E-state index in [2.05, 4.69) is 126 Å². The number of halogens is 2. The van der Waals surface area contributed by atoms with Crippen LogP contribution < -0.4 is 0 Å². The summed E-state index contributed by atoms with van der Waals surface area (Å²) in [5.74, 6) is 1.05. The summed E-state index contributed by atoms with van der Waals surface area (Å²) in [5.41, 5.74) is 8.14. The third-order valence-electron chi connectivity index (χ3n) is 8.78. The van der Waals surface area contributed by atoms with Crippen molar-refractivity contribution in [3.8, 4) is 11.1 Å². The second-order valence-corrected chi connectivity index (χ2v) is 23.1. The number of fused-ring (bicyclic) bond motifs is 3. The molecule has 232 valence electrons. The van der Waals surface area contributed by atoms with Crippen molar-refractivity contribution in [1.82, 2.24) is 0 Å². The van der Waals surface area contributed by atoms with Gasteiger partial charge in [-0.25, -0.2) is 7.05 Å². The molecule has 1 saturated carbocycles. The van der Waals surface area contributed by atoms with E-state index in [0.29, 0.717) is 0 Å². The molecule has 0 bridgehead atoms. The molecule has 5 heteroatoms. The second kappa shape index (κ2) is 14.4. The van der Waals surface area contributed by atoms with Gasteiger partial charge in [0.1, 0.15) is 0 Å². The van der Waals surface area contributed by atoms with Crippen molar-refractivity contribution in [1.29, 1.82) is 0 Å². The topological polar surface area (TPSA) is 22.3 Å². The van der Waals surface area contributed by atoms with Crippen LogP contribution in [0.3, 0.4) is 0 Å². The summed E-state index contributed by atoms with van der Waals surface area (Å²) in [5, 5.41) is 12.4. The number of benzene rings is 2. The van der Waals surface area contributed by atoms with E-state index in [1.165, 1.54) is 59.1 Å². The van der Waals surface area contributed by atoms with E-state index < -0.39 is 24.1 Å². The standard InChI is InChI=1S/C29H43NP.C6H12.CH3.2ClH.Ti/c1-26(2,3)19-13-15-21-22-16-14-20(27(4,5)6)18-24(22)25(23(21)17-19)31(30,28(7,8)9)29(10,11)12;1-6-4-2-3-5-6;;;;/h13-18,25H,1-12H3;6H,2-5H2,1H3;1H3;2*1H;/q-1;;-1;;;+2/p-2. The first kappa shape index (κ1) is 39.0. The van der Waals surface area contributed by atoms with Gasteiger partial charge in [-0.3, -0.25) is 0 Å². The second-order valence-electron chi connectivity index (χ2n) is 16.0. The minimum absolute atomic E-state index is 0. The molecule has 2 aromatic rings. The third kappa shape index (κ3) is 8.79. The van der Waals surface area contributed by atoms with E-state index in [0.717, 1.165) is 5.92 Å². The average Bonchev–Trinajstić information content (AvgIpc) is 3.40. The summed E-state index contributed by atoms with van der Waals surface area (Å²) in [6.45, 7) is 29.4. The predicted molar refractivity (Wildman–Crippen MR) is 187 cm³/mol. The van der Waals surface area contributed by atoms with Gasteiger partial charge in [-0.1, -0.05) is 152 Å². The van der Waals surface area contributed by atoms with Gasteiger partial charge in [-0.2, -0.15) is 0 Å². The molecule has 0 N–H and O–H groups in total. The summed E-state index contributed by atoms with van der Waals surface area (Å²) in [6, 6.07) is 14.0. The Bertz CT molecular complexity index is 1100. The van der Waals surface area contributed by atoms with Crippen molar-refractivity contribution < 1.29 is 17.0 Å². The summed E-state index contributed by atoms with van der Waals surface area (Å²) in [7, 11) is 7.28. The van der Waals surface area contributed by atoms with Crippen LogP contribution in [0.1, 0.15) is 144 Å². The minimum atomic E-state index is -2.49. The van der Waals surface area contributed by atoms with Crippen LogP contribution in [0.15, 0.2) is 36.4 Å². The van der Waals surface area contributed by atoms with Gasteiger partial charge >= 0.3 is 35.6 Å². The van der Waals surface area contributed by atoms with Crippen molar-refractivity contribution in [3.05, 3.63) is 71.2 Å². The Labute approximate surface area is 271 Å². The van der Waals surface area contributed by atoms with Gasteiger partial charge in [0.15, 0.2) is 0 Å². The molecule has 0 radical (unpaired) electrons. The third-order valence-corrected chi connectivity index (χ3v) is 14.2. The first-order valence-electron chi connectivity index (χ1n) is 15.0. The molecule has 1 nitrogen and oxygen atoms in total.